The van der Waals surface area contributed by atoms with Gasteiger partial charge in [0.15, 0.2) is 0 Å². The number of ether oxygens (including phenoxy) is 1. The van der Waals surface area contributed by atoms with Crippen molar-refractivity contribution < 1.29 is 19.0 Å². The molecule has 0 aromatic heterocycles. The van der Waals surface area contributed by atoms with Gasteiger partial charge in [0, 0.05) is 17.7 Å². The number of hydrogen-bond acceptors (Lipinski definition) is 3. The second-order valence-electron chi connectivity index (χ2n) is 8.31. The molecule has 1 aromatic rings. The molecule has 0 spiro atoms. The molecule has 27 heavy (non-hydrogen) atoms. The molecule has 2 unspecified atom stereocenters. The smallest absolute Gasteiger partial charge is 0.410 e. The standard InChI is InChI=1S/C22H24FNO3/c1-21(2,3)27-20(25)24-13-7-10-17(24)22(26)16-12-11-15(18(22)19(16)23)14-8-5-4-6-9-14/h4-6,8-9,11-12,17,26H,7,10,13H2,1-3H3. The summed E-state index contributed by atoms with van der Waals surface area (Å²) in [4.78, 5) is 14.2. The van der Waals surface area contributed by atoms with E-state index in [-0.39, 0.29) is 17.0 Å². The molecule has 2 aliphatic carbocycles. The summed E-state index contributed by atoms with van der Waals surface area (Å²) in [6.07, 6.45) is 4.36. The topological polar surface area (TPSA) is 49.8 Å². The fraction of sp³-hybridized carbons (Fsp3) is 0.409. The van der Waals surface area contributed by atoms with Gasteiger partial charge in [0.05, 0.1) is 6.04 Å². The Morgan fingerprint density at radius 1 is 1.26 bits per heavy atom. The van der Waals surface area contributed by atoms with E-state index in [0.717, 1.165) is 12.0 Å². The van der Waals surface area contributed by atoms with Crippen molar-refractivity contribution in [1.82, 2.24) is 4.90 Å². The molecule has 1 saturated heterocycles. The Balaban J connectivity index is 1.68. The number of fused-ring (bicyclic) bond motifs is 2. The van der Waals surface area contributed by atoms with Crippen LogP contribution >= 0.6 is 0 Å². The maximum absolute atomic E-state index is 14.8. The van der Waals surface area contributed by atoms with Crippen LogP contribution in [0.3, 0.4) is 0 Å². The number of amides is 1. The van der Waals surface area contributed by atoms with Crippen LogP contribution in [0.5, 0.6) is 0 Å². The minimum Gasteiger partial charge on any atom is -0.444 e. The summed E-state index contributed by atoms with van der Waals surface area (Å²) >= 11 is 0. The van der Waals surface area contributed by atoms with Crippen molar-refractivity contribution in [3.05, 3.63) is 65.0 Å². The van der Waals surface area contributed by atoms with E-state index in [1.54, 1.807) is 11.0 Å². The number of carbonyl (C=O) groups excluding carboxylic acids is 1. The Hall–Kier alpha value is -2.40. The van der Waals surface area contributed by atoms with Crippen LogP contribution < -0.4 is 0 Å². The lowest BCUT2D eigenvalue weighted by Gasteiger charge is -2.50. The van der Waals surface area contributed by atoms with Crippen molar-refractivity contribution in [3.8, 4) is 0 Å². The second kappa shape index (κ2) is 6.06. The zero-order chi connectivity index (χ0) is 19.4. The number of carbonyl (C=O) groups is 1. The first-order chi connectivity index (χ1) is 12.7. The molecule has 3 aliphatic rings. The highest BCUT2D eigenvalue weighted by Crippen LogP contribution is 2.57. The van der Waals surface area contributed by atoms with E-state index >= 15 is 0 Å². The van der Waals surface area contributed by atoms with Crippen molar-refractivity contribution in [1.29, 1.82) is 0 Å². The van der Waals surface area contributed by atoms with E-state index in [1.165, 1.54) is 0 Å². The molecule has 1 N–H and O–H groups in total. The number of rotatable bonds is 2. The maximum Gasteiger partial charge on any atom is 0.410 e. The average Bonchev–Trinajstić information content (AvgIpc) is 3.11. The largest absolute Gasteiger partial charge is 0.444 e. The summed E-state index contributed by atoms with van der Waals surface area (Å²) in [7, 11) is 0. The van der Waals surface area contributed by atoms with Crippen LogP contribution in [0.2, 0.25) is 0 Å². The summed E-state index contributed by atoms with van der Waals surface area (Å²) in [6, 6.07) is 8.92. The minimum atomic E-state index is -1.49. The zero-order valence-corrected chi connectivity index (χ0v) is 15.8. The van der Waals surface area contributed by atoms with Crippen LogP contribution in [0.4, 0.5) is 9.18 Å². The third-order valence-electron chi connectivity index (χ3n) is 5.38. The van der Waals surface area contributed by atoms with Gasteiger partial charge in [-0.05, 0) is 44.7 Å². The molecule has 4 rings (SSSR count). The minimum absolute atomic E-state index is 0.262. The van der Waals surface area contributed by atoms with Crippen LogP contribution in [0.1, 0.15) is 39.2 Å². The summed E-state index contributed by atoms with van der Waals surface area (Å²) in [5.74, 6) is -0.380. The van der Waals surface area contributed by atoms with Crippen molar-refractivity contribution in [2.24, 2.45) is 0 Å². The highest BCUT2D eigenvalue weighted by molar-refractivity contribution is 5.93. The van der Waals surface area contributed by atoms with Crippen LogP contribution in [0.15, 0.2) is 59.5 Å². The number of benzene rings is 1. The molecule has 4 nitrogen and oxygen atoms in total. The fourth-order valence-electron chi connectivity index (χ4n) is 4.26. The Morgan fingerprint density at radius 2 is 1.96 bits per heavy atom. The van der Waals surface area contributed by atoms with Crippen LogP contribution in [-0.4, -0.2) is 39.9 Å². The molecule has 1 aromatic carbocycles. The lowest BCUT2D eigenvalue weighted by molar-refractivity contribution is -0.0150. The van der Waals surface area contributed by atoms with E-state index < -0.39 is 23.3 Å². The SMILES string of the molecule is CC(C)(C)OC(=O)N1CCCC1C1(O)c2ccc(-c3ccccc3)c1c2F. The number of allylic oxidation sites excluding steroid dienone is 2. The number of nitrogens with zero attached hydrogens (tertiary/aromatic N) is 1. The van der Waals surface area contributed by atoms with E-state index in [4.69, 9.17) is 4.74 Å². The van der Waals surface area contributed by atoms with E-state index in [1.807, 2.05) is 57.2 Å². The van der Waals surface area contributed by atoms with Crippen LogP contribution in [0, 0.1) is 0 Å². The monoisotopic (exact) mass is 369 g/mol. The summed E-state index contributed by atoms with van der Waals surface area (Å²) in [5, 5.41) is 11.6. The van der Waals surface area contributed by atoms with Crippen molar-refractivity contribution >= 4 is 11.7 Å². The molecule has 1 aliphatic heterocycles. The molecule has 0 saturated carbocycles. The van der Waals surface area contributed by atoms with E-state index in [9.17, 15) is 14.3 Å². The van der Waals surface area contributed by atoms with Gasteiger partial charge in [-0.1, -0.05) is 42.5 Å². The van der Waals surface area contributed by atoms with E-state index in [2.05, 4.69) is 0 Å². The average molecular weight is 369 g/mol. The molecule has 2 bridgehead atoms. The fourth-order valence-corrected chi connectivity index (χ4v) is 4.26. The van der Waals surface area contributed by atoms with Gasteiger partial charge in [0.1, 0.15) is 17.0 Å². The lowest BCUT2D eigenvalue weighted by Crippen LogP contribution is -2.59. The van der Waals surface area contributed by atoms with Gasteiger partial charge in [-0.2, -0.15) is 0 Å². The normalized spacial score (nSPS) is 27.1. The first-order valence-electron chi connectivity index (χ1n) is 9.34. The number of hydrogen-bond donors (Lipinski definition) is 1. The quantitative estimate of drug-likeness (QED) is 0.842. The molecule has 5 heteroatoms. The zero-order valence-electron chi connectivity index (χ0n) is 15.8. The Morgan fingerprint density at radius 3 is 2.59 bits per heavy atom. The first-order valence-corrected chi connectivity index (χ1v) is 9.34. The Labute approximate surface area is 158 Å². The molecule has 1 amide bonds. The number of aliphatic hydroxyl groups is 1. The molecule has 0 radical (unpaired) electrons. The second-order valence-corrected chi connectivity index (χ2v) is 8.31. The summed E-state index contributed by atoms with van der Waals surface area (Å²) in [6.45, 7) is 5.92. The maximum atomic E-state index is 14.8. The van der Waals surface area contributed by atoms with Gasteiger partial charge >= 0.3 is 6.09 Å². The molecule has 2 atom stereocenters. The predicted molar refractivity (Wildman–Crippen MR) is 102 cm³/mol. The molecule has 142 valence electrons. The summed E-state index contributed by atoms with van der Waals surface area (Å²) in [5.41, 5.74) is -0.0534. The van der Waals surface area contributed by atoms with E-state index in [0.29, 0.717) is 18.5 Å². The highest BCUT2D eigenvalue weighted by atomic mass is 19.1. The van der Waals surface area contributed by atoms with Crippen molar-refractivity contribution in [2.75, 3.05) is 6.54 Å². The number of likely N-dealkylation sites (tertiary alicyclic amines) is 1. The Bertz CT molecular complexity index is 879. The molecule has 1 fully saturated rings. The third kappa shape index (κ3) is 2.72. The molecular formula is C22H24FNO3. The van der Waals surface area contributed by atoms with Gasteiger partial charge in [-0.25, -0.2) is 9.18 Å². The van der Waals surface area contributed by atoms with Gasteiger partial charge < -0.3 is 14.7 Å². The van der Waals surface area contributed by atoms with Gasteiger partial charge in [0.25, 0.3) is 0 Å². The van der Waals surface area contributed by atoms with Crippen LogP contribution in [0.25, 0.3) is 5.57 Å². The highest BCUT2D eigenvalue weighted by Gasteiger charge is 2.60. The lowest BCUT2D eigenvalue weighted by atomic mass is 9.62. The first kappa shape index (κ1) is 18.0. The molecular weight excluding hydrogens is 345 g/mol. The summed E-state index contributed by atoms with van der Waals surface area (Å²) < 4.78 is 20.3. The van der Waals surface area contributed by atoms with Gasteiger partial charge in [0.2, 0.25) is 0 Å². The van der Waals surface area contributed by atoms with Crippen LogP contribution in [-0.2, 0) is 4.74 Å². The van der Waals surface area contributed by atoms with Crippen molar-refractivity contribution in [2.45, 2.75) is 50.9 Å². The Kier molecular flexibility index (Phi) is 4.04. The van der Waals surface area contributed by atoms with Crippen molar-refractivity contribution in [3.63, 3.8) is 0 Å². The third-order valence-corrected chi connectivity index (χ3v) is 5.38. The van der Waals surface area contributed by atoms with Gasteiger partial charge in [-0.3, -0.25) is 0 Å². The predicted octanol–water partition coefficient (Wildman–Crippen LogP) is 4.38. The molecule has 1 heterocycles. The number of halogens is 1. The van der Waals surface area contributed by atoms with Gasteiger partial charge in [-0.15, -0.1) is 0 Å².